The van der Waals surface area contributed by atoms with Crippen molar-refractivity contribution in [2.24, 2.45) is 5.92 Å². The van der Waals surface area contributed by atoms with Crippen LogP contribution < -0.4 is 10.9 Å². The van der Waals surface area contributed by atoms with Gasteiger partial charge in [-0.1, -0.05) is 12.1 Å². The summed E-state index contributed by atoms with van der Waals surface area (Å²) in [5.41, 5.74) is 0.272. The molecule has 9 nitrogen and oxygen atoms in total. The Labute approximate surface area is 236 Å². The van der Waals surface area contributed by atoms with E-state index in [0.29, 0.717) is 37.1 Å². The molecule has 216 valence electrons. The standard InChI is InChI=1S/C30H32F2N4O5/c1-30(2,3)41-29(40)35-11-9-20(10-12-35)26(37)17-33-28(39)21-6-4-5-19(13-21)18-36-27(38)8-7-25(34-36)22-14-23(31)16-24(32)15-22/h4-8,13-16,20H,9-12,17-18H2,1-3H3,(H,33,39). The van der Waals surface area contributed by atoms with Gasteiger partial charge in [0.15, 0.2) is 5.78 Å². The van der Waals surface area contributed by atoms with Gasteiger partial charge in [0.2, 0.25) is 0 Å². The van der Waals surface area contributed by atoms with Crippen molar-refractivity contribution >= 4 is 17.8 Å². The van der Waals surface area contributed by atoms with Crippen LogP contribution in [0.1, 0.15) is 49.5 Å². The van der Waals surface area contributed by atoms with Crippen molar-refractivity contribution < 1.29 is 27.9 Å². The number of piperidine rings is 1. The van der Waals surface area contributed by atoms with Crippen LogP contribution in [0.5, 0.6) is 0 Å². The van der Waals surface area contributed by atoms with E-state index in [2.05, 4.69) is 10.4 Å². The van der Waals surface area contributed by atoms with E-state index in [9.17, 15) is 28.0 Å². The predicted molar refractivity (Wildman–Crippen MR) is 147 cm³/mol. The summed E-state index contributed by atoms with van der Waals surface area (Å²) in [4.78, 5) is 51.8. The van der Waals surface area contributed by atoms with E-state index >= 15 is 0 Å². The normalized spacial score (nSPS) is 14.0. The summed E-state index contributed by atoms with van der Waals surface area (Å²) >= 11 is 0. The number of benzene rings is 2. The molecule has 0 bridgehead atoms. The Morgan fingerprint density at radius 1 is 1.00 bits per heavy atom. The number of rotatable bonds is 7. The van der Waals surface area contributed by atoms with Gasteiger partial charge in [0.05, 0.1) is 18.8 Å². The van der Waals surface area contributed by atoms with Crippen LogP contribution in [0, 0.1) is 17.6 Å². The zero-order chi connectivity index (χ0) is 29.7. The van der Waals surface area contributed by atoms with Gasteiger partial charge >= 0.3 is 6.09 Å². The number of halogens is 2. The lowest BCUT2D eigenvalue weighted by Gasteiger charge is -2.32. The lowest BCUT2D eigenvalue weighted by atomic mass is 9.92. The van der Waals surface area contributed by atoms with Gasteiger partial charge in [-0.2, -0.15) is 5.10 Å². The van der Waals surface area contributed by atoms with Gasteiger partial charge in [-0.15, -0.1) is 0 Å². The van der Waals surface area contributed by atoms with E-state index < -0.39 is 34.8 Å². The molecule has 2 aromatic carbocycles. The molecule has 1 fully saturated rings. The lowest BCUT2D eigenvalue weighted by Crippen LogP contribution is -2.44. The minimum Gasteiger partial charge on any atom is -0.444 e. The highest BCUT2D eigenvalue weighted by Gasteiger charge is 2.30. The molecule has 1 aliphatic heterocycles. The van der Waals surface area contributed by atoms with Crippen molar-refractivity contribution in [3.8, 4) is 11.3 Å². The molecule has 41 heavy (non-hydrogen) atoms. The predicted octanol–water partition coefficient (Wildman–Crippen LogP) is 4.18. The molecule has 0 spiro atoms. The van der Waals surface area contributed by atoms with Crippen molar-refractivity contribution in [1.29, 1.82) is 0 Å². The molecule has 1 saturated heterocycles. The maximum atomic E-state index is 13.7. The van der Waals surface area contributed by atoms with Crippen LogP contribution in [0.3, 0.4) is 0 Å². The number of ketones is 1. The van der Waals surface area contributed by atoms with Gasteiger partial charge in [0, 0.05) is 42.3 Å². The summed E-state index contributed by atoms with van der Waals surface area (Å²) in [6.45, 7) is 6.08. The second-order valence-electron chi connectivity index (χ2n) is 11.0. The van der Waals surface area contributed by atoms with E-state index in [1.165, 1.54) is 12.1 Å². The molecule has 0 saturated carbocycles. The largest absolute Gasteiger partial charge is 0.444 e. The molecule has 4 rings (SSSR count). The molecule has 0 radical (unpaired) electrons. The quantitative estimate of drug-likeness (QED) is 0.460. The molecule has 1 N–H and O–H groups in total. The smallest absolute Gasteiger partial charge is 0.410 e. The topological polar surface area (TPSA) is 111 Å². The zero-order valence-corrected chi connectivity index (χ0v) is 23.2. The fourth-order valence-corrected chi connectivity index (χ4v) is 4.53. The SMILES string of the molecule is CC(C)(C)OC(=O)N1CCC(C(=O)CNC(=O)c2cccc(Cn3nc(-c4cc(F)cc(F)c4)ccc3=O)c2)CC1. The van der Waals surface area contributed by atoms with E-state index in [-0.39, 0.29) is 36.0 Å². The van der Waals surface area contributed by atoms with Crippen LogP contribution in [-0.2, 0) is 16.1 Å². The monoisotopic (exact) mass is 566 g/mol. The third-order valence-corrected chi connectivity index (χ3v) is 6.57. The average molecular weight is 567 g/mol. The average Bonchev–Trinajstić information content (AvgIpc) is 2.91. The fraction of sp³-hybridized carbons (Fsp3) is 0.367. The highest BCUT2D eigenvalue weighted by Crippen LogP contribution is 2.21. The summed E-state index contributed by atoms with van der Waals surface area (Å²) in [7, 11) is 0. The highest BCUT2D eigenvalue weighted by atomic mass is 19.1. The van der Waals surface area contributed by atoms with E-state index in [4.69, 9.17) is 4.74 Å². The number of carbonyl (C=O) groups excluding carboxylic acids is 3. The molecular formula is C30H32F2N4O5. The Morgan fingerprint density at radius 3 is 2.34 bits per heavy atom. The summed E-state index contributed by atoms with van der Waals surface area (Å²) in [6.07, 6.45) is 0.586. The molecule has 0 unspecified atom stereocenters. The van der Waals surface area contributed by atoms with Crippen LogP contribution in [0.2, 0.25) is 0 Å². The summed E-state index contributed by atoms with van der Waals surface area (Å²) < 4.78 is 33.8. The van der Waals surface area contributed by atoms with Crippen molar-refractivity contribution in [2.75, 3.05) is 19.6 Å². The maximum absolute atomic E-state index is 13.7. The second-order valence-corrected chi connectivity index (χ2v) is 11.0. The molecule has 1 aliphatic rings. The van der Waals surface area contributed by atoms with Crippen LogP contribution >= 0.6 is 0 Å². The minimum absolute atomic E-state index is 0.0146. The summed E-state index contributed by atoms with van der Waals surface area (Å²) in [5, 5.41) is 6.89. The Hall–Kier alpha value is -4.41. The number of hydrogen-bond acceptors (Lipinski definition) is 6. The third-order valence-electron chi connectivity index (χ3n) is 6.57. The van der Waals surface area contributed by atoms with Gasteiger partial charge < -0.3 is 15.0 Å². The zero-order valence-electron chi connectivity index (χ0n) is 23.2. The minimum atomic E-state index is -0.761. The number of ether oxygens (including phenoxy) is 1. The number of carbonyl (C=O) groups is 3. The van der Waals surface area contributed by atoms with Crippen molar-refractivity contribution in [2.45, 2.75) is 45.8 Å². The number of nitrogens with one attached hydrogen (secondary N) is 1. The van der Waals surface area contributed by atoms with Crippen LogP contribution in [0.25, 0.3) is 11.3 Å². The number of aromatic nitrogens is 2. The molecule has 1 aromatic heterocycles. The number of Topliss-reactive ketones (excluding diaryl/α,β-unsaturated/α-hetero) is 1. The molecule has 2 heterocycles. The number of nitrogens with zero attached hydrogens (tertiary/aromatic N) is 3. The third kappa shape index (κ3) is 8.06. The highest BCUT2D eigenvalue weighted by molar-refractivity contribution is 5.97. The lowest BCUT2D eigenvalue weighted by molar-refractivity contribution is -0.123. The molecule has 3 aromatic rings. The summed E-state index contributed by atoms with van der Waals surface area (Å²) in [6, 6.07) is 12.2. The van der Waals surface area contributed by atoms with Gasteiger partial charge in [-0.25, -0.2) is 18.3 Å². The Balaban J connectivity index is 1.34. The fourth-order valence-electron chi connectivity index (χ4n) is 4.53. The molecule has 11 heteroatoms. The summed E-state index contributed by atoms with van der Waals surface area (Å²) in [5.74, 6) is -2.35. The Morgan fingerprint density at radius 2 is 1.68 bits per heavy atom. The van der Waals surface area contributed by atoms with Crippen molar-refractivity contribution in [3.63, 3.8) is 0 Å². The van der Waals surface area contributed by atoms with Gasteiger partial charge in [0.1, 0.15) is 17.2 Å². The maximum Gasteiger partial charge on any atom is 0.410 e. The molecular weight excluding hydrogens is 534 g/mol. The molecule has 0 aliphatic carbocycles. The molecule has 2 amide bonds. The van der Waals surface area contributed by atoms with Crippen LogP contribution in [-0.4, -0.2) is 57.7 Å². The first-order valence-corrected chi connectivity index (χ1v) is 13.3. The first-order chi connectivity index (χ1) is 19.4. The Kier molecular flexibility index (Phi) is 8.95. The van der Waals surface area contributed by atoms with Crippen molar-refractivity contribution in [3.05, 3.63) is 87.7 Å². The second kappa shape index (κ2) is 12.4. The number of hydrogen-bond donors (Lipinski definition) is 1. The number of amides is 2. The van der Waals surface area contributed by atoms with Crippen molar-refractivity contribution in [1.82, 2.24) is 20.0 Å². The first kappa shape index (κ1) is 29.6. The first-order valence-electron chi connectivity index (χ1n) is 13.3. The van der Waals surface area contributed by atoms with Gasteiger partial charge in [0.25, 0.3) is 11.5 Å². The molecule has 0 atom stereocenters. The van der Waals surface area contributed by atoms with E-state index in [0.717, 1.165) is 22.9 Å². The Bertz CT molecular complexity index is 1490. The van der Waals surface area contributed by atoms with Gasteiger partial charge in [-0.3, -0.25) is 14.4 Å². The van der Waals surface area contributed by atoms with Crippen LogP contribution in [0.4, 0.5) is 13.6 Å². The number of likely N-dealkylation sites (tertiary alicyclic amines) is 1. The van der Waals surface area contributed by atoms with E-state index in [1.807, 2.05) is 0 Å². The van der Waals surface area contributed by atoms with E-state index in [1.54, 1.807) is 49.9 Å². The van der Waals surface area contributed by atoms with Crippen LogP contribution in [0.15, 0.2) is 59.4 Å². The van der Waals surface area contributed by atoms with Gasteiger partial charge in [-0.05, 0) is 69.5 Å².